The molecule has 74 valence electrons. The van der Waals surface area contributed by atoms with Crippen molar-refractivity contribution in [3.8, 4) is 12.3 Å². The van der Waals surface area contributed by atoms with Crippen molar-refractivity contribution in [3.05, 3.63) is 16.1 Å². The molecule has 0 unspecified atom stereocenters. The third-order valence-corrected chi connectivity index (χ3v) is 3.00. The average Bonchev–Trinajstić information content (AvgIpc) is 2.67. The van der Waals surface area contributed by atoms with E-state index in [1.165, 1.54) is 0 Å². The zero-order chi connectivity index (χ0) is 9.80. The second-order valence-corrected chi connectivity index (χ2v) is 4.10. The molecule has 14 heavy (non-hydrogen) atoms. The highest BCUT2D eigenvalue weighted by molar-refractivity contribution is 7.09. The molecule has 0 spiro atoms. The summed E-state index contributed by atoms with van der Waals surface area (Å²) in [7, 11) is 0. The lowest BCUT2D eigenvalue weighted by Crippen LogP contribution is -2.35. The fourth-order valence-corrected chi connectivity index (χ4v) is 2.18. The summed E-state index contributed by atoms with van der Waals surface area (Å²) in [4.78, 5) is 6.66. The van der Waals surface area contributed by atoms with Gasteiger partial charge in [-0.15, -0.1) is 17.8 Å². The molecule has 0 saturated carbocycles. The average molecular weight is 208 g/mol. The molecule has 1 aliphatic heterocycles. The number of aromatic nitrogens is 1. The predicted octanol–water partition coefficient (Wildman–Crippen LogP) is 0.957. The van der Waals surface area contributed by atoms with Gasteiger partial charge in [0.2, 0.25) is 0 Å². The van der Waals surface area contributed by atoms with Crippen LogP contribution < -0.4 is 0 Å². The summed E-state index contributed by atoms with van der Waals surface area (Å²) in [5.74, 6) is 2.54. The largest absolute Gasteiger partial charge is 0.379 e. The van der Waals surface area contributed by atoms with E-state index in [2.05, 4.69) is 15.8 Å². The summed E-state index contributed by atoms with van der Waals surface area (Å²) in [6, 6.07) is 0. The smallest absolute Gasteiger partial charge is 0.124 e. The van der Waals surface area contributed by atoms with Gasteiger partial charge in [0.25, 0.3) is 0 Å². The Kier molecular flexibility index (Phi) is 3.14. The molecule has 3 nitrogen and oxygen atoms in total. The number of nitrogens with zero attached hydrogens (tertiary/aromatic N) is 2. The molecule has 0 atom stereocenters. The first-order chi connectivity index (χ1) is 6.88. The Balaban J connectivity index is 1.93. The minimum atomic E-state index is 0.748. The van der Waals surface area contributed by atoms with Crippen molar-refractivity contribution in [2.45, 2.75) is 6.54 Å². The van der Waals surface area contributed by atoms with Crippen LogP contribution in [0.25, 0.3) is 0 Å². The van der Waals surface area contributed by atoms with Crippen LogP contribution in [0.3, 0.4) is 0 Å². The fourth-order valence-electron chi connectivity index (χ4n) is 1.40. The molecule has 0 amide bonds. The third kappa shape index (κ3) is 2.32. The SMILES string of the molecule is C#Cc1csc(CN2CCOCC2)n1. The van der Waals surface area contributed by atoms with Crippen molar-refractivity contribution >= 4 is 11.3 Å². The number of terminal acetylenes is 1. The second kappa shape index (κ2) is 4.56. The molecule has 0 radical (unpaired) electrons. The lowest BCUT2D eigenvalue weighted by molar-refractivity contribution is 0.0341. The lowest BCUT2D eigenvalue weighted by atomic mass is 10.4. The monoisotopic (exact) mass is 208 g/mol. The Morgan fingerprint density at radius 1 is 1.57 bits per heavy atom. The Bertz CT molecular complexity index is 336. The van der Waals surface area contributed by atoms with Crippen LogP contribution in [-0.2, 0) is 11.3 Å². The predicted molar refractivity (Wildman–Crippen MR) is 56.1 cm³/mol. The molecule has 0 N–H and O–H groups in total. The lowest BCUT2D eigenvalue weighted by Gasteiger charge is -2.25. The first kappa shape index (κ1) is 9.66. The van der Waals surface area contributed by atoms with Gasteiger partial charge in [0.15, 0.2) is 0 Å². The van der Waals surface area contributed by atoms with Crippen LogP contribution in [-0.4, -0.2) is 36.2 Å². The van der Waals surface area contributed by atoms with Crippen LogP contribution in [0.2, 0.25) is 0 Å². The molecule has 0 aromatic carbocycles. The molecule has 2 rings (SSSR count). The van der Waals surface area contributed by atoms with E-state index in [4.69, 9.17) is 11.2 Å². The van der Waals surface area contributed by atoms with E-state index >= 15 is 0 Å². The van der Waals surface area contributed by atoms with E-state index < -0.39 is 0 Å². The first-order valence-corrected chi connectivity index (χ1v) is 5.47. The van der Waals surface area contributed by atoms with Gasteiger partial charge in [-0.1, -0.05) is 0 Å². The molecule has 1 aromatic heterocycles. The number of morpholine rings is 1. The van der Waals surface area contributed by atoms with Crippen LogP contribution in [0, 0.1) is 12.3 Å². The Hall–Kier alpha value is -0.890. The van der Waals surface area contributed by atoms with Crippen molar-refractivity contribution in [1.82, 2.24) is 9.88 Å². The van der Waals surface area contributed by atoms with Gasteiger partial charge >= 0.3 is 0 Å². The number of rotatable bonds is 2. The van der Waals surface area contributed by atoms with Gasteiger partial charge in [-0.05, 0) is 5.92 Å². The number of hydrogen-bond donors (Lipinski definition) is 0. The van der Waals surface area contributed by atoms with Crippen LogP contribution in [0.1, 0.15) is 10.7 Å². The van der Waals surface area contributed by atoms with E-state index in [0.29, 0.717) is 0 Å². The molecule has 2 heterocycles. The molecular formula is C10H12N2OS. The van der Waals surface area contributed by atoms with Crippen molar-refractivity contribution in [2.75, 3.05) is 26.3 Å². The van der Waals surface area contributed by atoms with E-state index in [0.717, 1.165) is 43.5 Å². The van der Waals surface area contributed by atoms with E-state index in [1.54, 1.807) is 11.3 Å². The summed E-state index contributed by atoms with van der Waals surface area (Å²) in [5.41, 5.74) is 0.748. The van der Waals surface area contributed by atoms with Gasteiger partial charge in [0, 0.05) is 18.5 Å². The Morgan fingerprint density at radius 2 is 2.36 bits per heavy atom. The quantitative estimate of drug-likeness (QED) is 0.677. The number of thiazole rings is 1. The van der Waals surface area contributed by atoms with Crippen molar-refractivity contribution in [1.29, 1.82) is 0 Å². The Labute approximate surface area is 87.7 Å². The molecule has 1 aliphatic rings. The van der Waals surface area contributed by atoms with Gasteiger partial charge < -0.3 is 4.74 Å². The van der Waals surface area contributed by atoms with Crippen molar-refractivity contribution < 1.29 is 4.74 Å². The van der Waals surface area contributed by atoms with E-state index in [9.17, 15) is 0 Å². The highest BCUT2D eigenvalue weighted by Crippen LogP contribution is 2.12. The van der Waals surface area contributed by atoms with Gasteiger partial charge in [-0.3, -0.25) is 4.90 Å². The minimum Gasteiger partial charge on any atom is -0.379 e. The van der Waals surface area contributed by atoms with Crippen LogP contribution in [0.4, 0.5) is 0 Å². The van der Waals surface area contributed by atoms with Gasteiger partial charge in [0.05, 0.1) is 19.8 Å². The molecule has 0 aliphatic carbocycles. The minimum absolute atomic E-state index is 0.748. The maximum Gasteiger partial charge on any atom is 0.124 e. The van der Waals surface area contributed by atoms with Gasteiger partial charge in [-0.2, -0.15) is 0 Å². The summed E-state index contributed by atoms with van der Waals surface area (Å²) >= 11 is 1.63. The first-order valence-electron chi connectivity index (χ1n) is 4.59. The zero-order valence-electron chi connectivity index (χ0n) is 7.90. The van der Waals surface area contributed by atoms with Crippen molar-refractivity contribution in [2.24, 2.45) is 0 Å². The molecule has 1 fully saturated rings. The van der Waals surface area contributed by atoms with E-state index in [-0.39, 0.29) is 0 Å². The van der Waals surface area contributed by atoms with Gasteiger partial charge in [-0.25, -0.2) is 4.98 Å². The highest BCUT2D eigenvalue weighted by atomic mass is 32.1. The summed E-state index contributed by atoms with van der Waals surface area (Å²) < 4.78 is 5.27. The van der Waals surface area contributed by atoms with Crippen molar-refractivity contribution in [3.63, 3.8) is 0 Å². The number of hydrogen-bond acceptors (Lipinski definition) is 4. The summed E-state index contributed by atoms with van der Waals surface area (Å²) in [5, 5.41) is 3.02. The molecular weight excluding hydrogens is 196 g/mol. The van der Waals surface area contributed by atoms with Crippen LogP contribution in [0.5, 0.6) is 0 Å². The molecule has 0 bridgehead atoms. The third-order valence-electron chi connectivity index (χ3n) is 2.16. The maximum atomic E-state index is 5.27. The van der Waals surface area contributed by atoms with Crippen LogP contribution >= 0.6 is 11.3 Å². The zero-order valence-corrected chi connectivity index (χ0v) is 8.72. The van der Waals surface area contributed by atoms with E-state index in [1.807, 2.05) is 5.38 Å². The second-order valence-electron chi connectivity index (χ2n) is 3.16. The molecule has 1 aromatic rings. The molecule has 1 saturated heterocycles. The standard InChI is InChI=1S/C10H12N2OS/c1-2-9-8-14-10(11-9)7-12-3-5-13-6-4-12/h1,8H,3-7H2. The number of ether oxygens (including phenoxy) is 1. The Morgan fingerprint density at radius 3 is 3.00 bits per heavy atom. The molecule has 4 heteroatoms. The fraction of sp³-hybridized carbons (Fsp3) is 0.500. The van der Waals surface area contributed by atoms with Gasteiger partial charge in [0.1, 0.15) is 10.7 Å². The maximum absolute atomic E-state index is 5.27. The normalized spacial score (nSPS) is 17.9. The summed E-state index contributed by atoms with van der Waals surface area (Å²) in [6.07, 6.45) is 5.26. The van der Waals surface area contributed by atoms with Crippen LogP contribution in [0.15, 0.2) is 5.38 Å². The summed E-state index contributed by atoms with van der Waals surface area (Å²) in [6.45, 7) is 4.53. The topological polar surface area (TPSA) is 25.4 Å². The highest BCUT2D eigenvalue weighted by Gasteiger charge is 2.12.